The van der Waals surface area contributed by atoms with Gasteiger partial charge in [-0.05, 0) is 12.8 Å². The maximum absolute atomic E-state index is 11.2. The first-order valence-corrected chi connectivity index (χ1v) is 6.78. The lowest BCUT2D eigenvalue weighted by Crippen LogP contribution is -2.06. The van der Waals surface area contributed by atoms with Gasteiger partial charge in [0.15, 0.2) is 0 Å². The number of allylic oxidation sites excluding steroid dienone is 1. The molecule has 0 aromatic carbocycles. The number of carbonyl (C=O) groups is 1. The van der Waals surface area contributed by atoms with E-state index in [0.717, 1.165) is 13.0 Å². The van der Waals surface area contributed by atoms with E-state index in [0.29, 0.717) is 6.61 Å². The SMILES string of the molecule is CCCCCCCC/C=C/C(=O)OCC1CO1. The van der Waals surface area contributed by atoms with Gasteiger partial charge < -0.3 is 9.47 Å². The Morgan fingerprint density at radius 3 is 2.71 bits per heavy atom. The van der Waals surface area contributed by atoms with Crippen LogP contribution in [0.15, 0.2) is 12.2 Å². The van der Waals surface area contributed by atoms with Crippen LogP contribution in [0.5, 0.6) is 0 Å². The Hall–Kier alpha value is -0.830. The number of esters is 1. The molecule has 1 aliphatic rings. The average molecular weight is 240 g/mol. The highest BCUT2D eigenvalue weighted by Gasteiger charge is 2.23. The Kier molecular flexibility index (Phi) is 7.72. The smallest absolute Gasteiger partial charge is 0.330 e. The normalized spacial score (nSPS) is 18.5. The maximum Gasteiger partial charge on any atom is 0.330 e. The summed E-state index contributed by atoms with van der Waals surface area (Å²) in [4.78, 5) is 11.2. The van der Waals surface area contributed by atoms with Gasteiger partial charge in [0, 0.05) is 6.08 Å². The summed E-state index contributed by atoms with van der Waals surface area (Å²) in [7, 11) is 0. The third-order valence-electron chi connectivity index (χ3n) is 2.79. The van der Waals surface area contributed by atoms with Crippen molar-refractivity contribution in [3.63, 3.8) is 0 Å². The highest BCUT2D eigenvalue weighted by molar-refractivity contribution is 5.81. The van der Waals surface area contributed by atoms with Crippen LogP contribution in [0.1, 0.15) is 51.9 Å². The van der Waals surface area contributed by atoms with Gasteiger partial charge in [-0.1, -0.05) is 45.1 Å². The first-order chi connectivity index (χ1) is 8.33. The minimum atomic E-state index is -0.244. The maximum atomic E-state index is 11.2. The molecule has 0 spiro atoms. The molecule has 0 aromatic heterocycles. The lowest BCUT2D eigenvalue weighted by Gasteiger charge is -1.98. The van der Waals surface area contributed by atoms with Crippen molar-refractivity contribution >= 4 is 5.97 Å². The van der Waals surface area contributed by atoms with Gasteiger partial charge in [0.25, 0.3) is 0 Å². The molecule has 0 amide bonds. The zero-order valence-electron chi connectivity index (χ0n) is 10.8. The minimum Gasteiger partial charge on any atom is -0.460 e. The number of hydrogen-bond donors (Lipinski definition) is 0. The third-order valence-corrected chi connectivity index (χ3v) is 2.79. The second-order valence-corrected chi connectivity index (χ2v) is 4.54. The van der Waals surface area contributed by atoms with Gasteiger partial charge in [-0.25, -0.2) is 4.79 Å². The van der Waals surface area contributed by atoms with E-state index in [-0.39, 0.29) is 12.1 Å². The van der Waals surface area contributed by atoms with Crippen LogP contribution in [0, 0.1) is 0 Å². The van der Waals surface area contributed by atoms with E-state index < -0.39 is 0 Å². The van der Waals surface area contributed by atoms with Crippen LogP contribution in [0.3, 0.4) is 0 Å². The summed E-state index contributed by atoms with van der Waals surface area (Å²) in [6.07, 6.45) is 12.3. The third kappa shape index (κ3) is 8.93. The molecule has 0 N–H and O–H groups in total. The fraction of sp³-hybridized carbons (Fsp3) is 0.786. The zero-order chi connectivity index (χ0) is 12.3. The van der Waals surface area contributed by atoms with Crippen molar-refractivity contribution in [1.29, 1.82) is 0 Å². The van der Waals surface area contributed by atoms with Crippen molar-refractivity contribution in [2.75, 3.05) is 13.2 Å². The number of ether oxygens (including phenoxy) is 2. The Morgan fingerprint density at radius 1 is 1.29 bits per heavy atom. The van der Waals surface area contributed by atoms with Gasteiger partial charge in [-0.2, -0.15) is 0 Å². The van der Waals surface area contributed by atoms with Crippen molar-refractivity contribution < 1.29 is 14.3 Å². The molecular weight excluding hydrogens is 216 g/mol. The summed E-state index contributed by atoms with van der Waals surface area (Å²) in [6, 6.07) is 0. The lowest BCUT2D eigenvalue weighted by atomic mass is 10.1. The number of carbonyl (C=O) groups excluding carboxylic acids is 1. The van der Waals surface area contributed by atoms with Crippen molar-refractivity contribution in [3.05, 3.63) is 12.2 Å². The molecule has 1 heterocycles. The standard InChI is InChI=1S/C14H24O3/c1-2-3-4-5-6-7-8-9-10-14(15)17-12-13-11-16-13/h9-10,13H,2-8,11-12H2,1H3/b10-9+. The van der Waals surface area contributed by atoms with Crippen LogP contribution in [0.2, 0.25) is 0 Å². The summed E-state index contributed by atoms with van der Waals surface area (Å²) < 4.78 is 9.92. The lowest BCUT2D eigenvalue weighted by molar-refractivity contribution is -0.138. The molecule has 1 atom stereocenters. The highest BCUT2D eigenvalue weighted by atomic mass is 16.6. The van der Waals surface area contributed by atoms with E-state index in [1.165, 1.54) is 44.6 Å². The summed E-state index contributed by atoms with van der Waals surface area (Å²) in [5.41, 5.74) is 0. The largest absolute Gasteiger partial charge is 0.460 e. The molecule has 98 valence electrons. The average Bonchev–Trinajstić information content (AvgIpc) is 3.14. The molecule has 3 heteroatoms. The molecule has 1 unspecified atom stereocenters. The van der Waals surface area contributed by atoms with Crippen molar-refractivity contribution in [2.45, 2.75) is 58.0 Å². The van der Waals surface area contributed by atoms with Crippen LogP contribution in [0.4, 0.5) is 0 Å². The van der Waals surface area contributed by atoms with Crippen LogP contribution in [-0.4, -0.2) is 25.3 Å². The van der Waals surface area contributed by atoms with Gasteiger partial charge in [-0.3, -0.25) is 0 Å². The summed E-state index contributed by atoms with van der Waals surface area (Å²) in [5, 5.41) is 0. The molecule has 0 aromatic rings. The van der Waals surface area contributed by atoms with E-state index in [4.69, 9.17) is 9.47 Å². The van der Waals surface area contributed by atoms with Gasteiger partial charge in [-0.15, -0.1) is 0 Å². The Morgan fingerprint density at radius 2 is 2.00 bits per heavy atom. The van der Waals surface area contributed by atoms with Crippen LogP contribution < -0.4 is 0 Å². The predicted molar refractivity (Wildman–Crippen MR) is 67.8 cm³/mol. The van der Waals surface area contributed by atoms with Crippen molar-refractivity contribution in [3.8, 4) is 0 Å². The zero-order valence-corrected chi connectivity index (χ0v) is 10.8. The van der Waals surface area contributed by atoms with Crippen LogP contribution in [0.25, 0.3) is 0 Å². The van der Waals surface area contributed by atoms with Gasteiger partial charge in [0.05, 0.1) is 6.61 Å². The molecule has 0 radical (unpaired) electrons. The van der Waals surface area contributed by atoms with Gasteiger partial charge in [0.1, 0.15) is 12.7 Å². The van der Waals surface area contributed by atoms with Crippen molar-refractivity contribution in [2.24, 2.45) is 0 Å². The second kappa shape index (κ2) is 9.23. The first-order valence-electron chi connectivity index (χ1n) is 6.78. The van der Waals surface area contributed by atoms with Gasteiger partial charge >= 0.3 is 5.97 Å². The number of rotatable bonds is 10. The van der Waals surface area contributed by atoms with Crippen molar-refractivity contribution in [1.82, 2.24) is 0 Å². The Balaban J connectivity index is 1.84. The molecule has 1 rings (SSSR count). The van der Waals surface area contributed by atoms with Gasteiger partial charge in [0.2, 0.25) is 0 Å². The minimum absolute atomic E-state index is 0.158. The van der Waals surface area contributed by atoms with Crippen LogP contribution >= 0.6 is 0 Å². The fourth-order valence-corrected chi connectivity index (χ4v) is 1.61. The van der Waals surface area contributed by atoms with Crippen LogP contribution in [-0.2, 0) is 14.3 Å². The Bertz CT molecular complexity index is 232. The fourth-order valence-electron chi connectivity index (χ4n) is 1.61. The summed E-state index contributed by atoms with van der Waals surface area (Å²) in [5.74, 6) is -0.244. The number of hydrogen-bond acceptors (Lipinski definition) is 3. The quantitative estimate of drug-likeness (QED) is 0.255. The van der Waals surface area contributed by atoms with E-state index in [1.807, 2.05) is 6.08 Å². The monoisotopic (exact) mass is 240 g/mol. The molecule has 3 nitrogen and oxygen atoms in total. The molecular formula is C14H24O3. The topological polar surface area (TPSA) is 38.8 Å². The van der Waals surface area contributed by atoms with E-state index in [1.54, 1.807) is 0 Å². The molecule has 0 saturated carbocycles. The first kappa shape index (κ1) is 14.2. The number of epoxide rings is 1. The molecule has 1 aliphatic heterocycles. The van der Waals surface area contributed by atoms with E-state index in [9.17, 15) is 4.79 Å². The molecule has 1 fully saturated rings. The number of unbranched alkanes of at least 4 members (excludes halogenated alkanes) is 6. The molecule has 17 heavy (non-hydrogen) atoms. The molecule has 0 bridgehead atoms. The molecule has 1 saturated heterocycles. The predicted octanol–water partition coefficient (Wildman–Crippen LogP) is 3.24. The highest BCUT2D eigenvalue weighted by Crippen LogP contribution is 2.09. The van der Waals surface area contributed by atoms with E-state index in [2.05, 4.69) is 6.92 Å². The van der Waals surface area contributed by atoms with E-state index >= 15 is 0 Å². The Labute approximate surface area is 104 Å². The summed E-state index contributed by atoms with van der Waals surface area (Å²) in [6.45, 7) is 3.36. The molecule has 0 aliphatic carbocycles. The summed E-state index contributed by atoms with van der Waals surface area (Å²) >= 11 is 0. The second-order valence-electron chi connectivity index (χ2n) is 4.54.